The van der Waals surface area contributed by atoms with E-state index < -0.39 is 6.10 Å². The molecule has 0 aromatic heterocycles. The van der Waals surface area contributed by atoms with Gasteiger partial charge in [-0.1, -0.05) is 62.3 Å². The van der Waals surface area contributed by atoms with Gasteiger partial charge in [-0.2, -0.15) is 0 Å². The number of likely N-dealkylation sites (tertiary alicyclic amines) is 1. The molecule has 3 aliphatic heterocycles. The number of carbonyl (C=O) groups excluding carboxylic acids is 2. The fourth-order valence-corrected chi connectivity index (χ4v) is 14.5. The lowest BCUT2D eigenvalue weighted by molar-refractivity contribution is -0.248. The molecule has 3 heterocycles. The summed E-state index contributed by atoms with van der Waals surface area (Å²) >= 11 is 0. The zero-order valence-corrected chi connectivity index (χ0v) is 33.1. The van der Waals surface area contributed by atoms with Crippen LogP contribution in [0.15, 0.2) is 0 Å². The summed E-state index contributed by atoms with van der Waals surface area (Å²) in [7, 11) is 0. The summed E-state index contributed by atoms with van der Waals surface area (Å²) in [5.74, 6) is 1.98. The molecule has 5 aliphatic carbocycles. The SMILES string of the molecule is CC(C)C(=O)N1CCO[C@@H](OC2CC[C@]34CC35CC[C@]3(C)[C@@H]6[C@H](O[C@@H]([C@H](OC(=O)N7CCC7)C(C)C)C[C@H]6C)[C@H](O)[C@@]3(C)[C@@H]5CC[C@H]4C2(C)C)C1. The second-order valence-electron chi connectivity index (χ2n) is 20.4. The zero-order chi connectivity index (χ0) is 36.5. The van der Waals surface area contributed by atoms with Crippen LogP contribution < -0.4 is 0 Å². The van der Waals surface area contributed by atoms with Gasteiger partial charge in [0.1, 0.15) is 6.10 Å². The first-order valence-electron chi connectivity index (χ1n) is 20.9. The van der Waals surface area contributed by atoms with Crippen molar-refractivity contribution in [2.75, 3.05) is 32.8 Å². The summed E-state index contributed by atoms with van der Waals surface area (Å²) < 4.78 is 26.2. The van der Waals surface area contributed by atoms with E-state index in [1.807, 2.05) is 18.7 Å². The maximum Gasteiger partial charge on any atom is 0.410 e. The Hall–Kier alpha value is -1.42. The molecule has 0 bridgehead atoms. The van der Waals surface area contributed by atoms with Crippen molar-refractivity contribution < 1.29 is 33.6 Å². The highest BCUT2D eigenvalue weighted by molar-refractivity contribution is 5.78. The molecule has 2 unspecified atom stereocenters. The van der Waals surface area contributed by atoms with Crippen LogP contribution in [-0.2, 0) is 23.7 Å². The van der Waals surface area contributed by atoms with Crippen molar-refractivity contribution in [1.29, 1.82) is 0 Å². The van der Waals surface area contributed by atoms with Crippen molar-refractivity contribution >= 4 is 12.0 Å². The minimum Gasteiger partial charge on any atom is -0.443 e. The molecule has 9 nitrogen and oxygen atoms in total. The second kappa shape index (κ2) is 12.3. The van der Waals surface area contributed by atoms with Crippen LogP contribution in [0.5, 0.6) is 0 Å². The molecule has 0 aromatic rings. The van der Waals surface area contributed by atoms with Crippen molar-refractivity contribution in [3.63, 3.8) is 0 Å². The van der Waals surface area contributed by atoms with Crippen LogP contribution in [0.25, 0.3) is 0 Å². The lowest BCUT2D eigenvalue weighted by Gasteiger charge is -2.64. The third-order valence-electron chi connectivity index (χ3n) is 17.3. The van der Waals surface area contributed by atoms with Crippen LogP contribution in [-0.4, -0.2) is 96.5 Å². The molecule has 0 aromatic carbocycles. The molecule has 2 spiro atoms. The van der Waals surface area contributed by atoms with E-state index in [0.29, 0.717) is 42.9 Å². The van der Waals surface area contributed by atoms with Gasteiger partial charge in [-0.3, -0.25) is 4.79 Å². The van der Waals surface area contributed by atoms with Crippen molar-refractivity contribution in [2.45, 2.75) is 157 Å². The van der Waals surface area contributed by atoms with Crippen LogP contribution in [0.2, 0.25) is 0 Å². The van der Waals surface area contributed by atoms with E-state index >= 15 is 0 Å². The van der Waals surface area contributed by atoms with E-state index in [-0.39, 0.29) is 82.1 Å². The molecule has 8 aliphatic rings. The summed E-state index contributed by atoms with van der Waals surface area (Å²) in [6.07, 6.45) is 8.28. The average molecular weight is 713 g/mol. The Balaban J connectivity index is 1.01. The van der Waals surface area contributed by atoms with Gasteiger partial charge in [-0.25, -0.2) is 4.79 Å². The normalized spacial score (nSPS) is 48.8. The number of hydrogen-bond acceptors (Lipinski definition) is 7. The summed E-state index contributed by atoms with van der Waals surface area (Å²) in [6, 6.07) is 0. The second-order valence-corrected chi connectivity index (χ2v) is 20.4. The van der Waals surface area contributed by atoms with Crippen LogP contribution >= 0.6 is 0 Å². The van der Waals surface area contributed by atoms with Crippen molar-refractivity contribution in [2.24, 2.45) is 62.6 Å². The fourth-order valence-electron chi connectivity index (χ4n) is 14.5. The number of aliphatic hydroxyl groups excluding tert-OH is 1. The third kappa shape index (κ3) is 5.04. The lowest BCUT2D eigenvalue weighted by Crippen LogP contribution is -2.60. The predicted octanol–water partition coefficient (Wildman–Crippen LogP) is 6.89. The van der Waals surface area contributed by atoms with Crippen LogP contribution in [0.4, 0.5) is 4.79 Å². The molecule has 0 radical (unpaired) electrons. The van der Waals surface area contributed by atoms with Gasteiger partial charge in [-0.15, -0.1) is 0 Å². The Morgan fingerprint density at radius 1 is 0.902 bits per heavy atom. The van der Waals surface area contributed by atoms with Crippen LogP contribution in [0.3, 0.4) is 0 Å². The van der Waals surface area contributed by atoms with Gasteiger partial charge in [-0.05, 0) is 109 Å². The summed E-state index contributed by atoms with van der Waals surface area (Å²) in [5, 5.41) is 12.7. The van der Waals surface area contributed by atoms with Gasteiger partial charge < -0.3 is 33.9 Å². The molecule has 5 saturated carbocycles. The number of amides is 2. The maximum absolute atomic E-state index is 13.0. The molecule has 8 rings (SSSR count). The minimum atomic E-state index is -0.541. The van der Waals surface area contributed by atoms with Gasteiger partial charge >= 0.3 is 6.09 Å². The Bertz CT molecular complexity index is 1380. The molecule has 14 atom stereocenters. The smallest absolute Gasteiger partial charge is 0.410 e. The Morgan fingerprint density at radius 2 is 1.61 bits per heavy atom. The van der Waals surface area contributed by atoms with E-state index in [4.69, 9.17) is 18.9 Å². The molecular weight excluding hydrogens is 644 g/mol. The molecule has 51 heavy (non-hydrogen) atoms. The first kappa shape index (κ1) is 36.6. The minimum absolute atomic E-state index is 0.00541. The number of morpholine rings is 1. The van der Waals surface area contributed by atoms with Crippen molar-refractivity contribution in [3.8, 4) is 0 Å². The van der Waals surface area contributed by atoms with Gasteiger partial charge in [0.15, 0.2) is 6.29 Å². The Kier molecular flexibility index (Phi) is 8.81. The number of fused-ring (bicyclic) bond motifs is 4. The molecular formula is C42H68N2O7. The van der Waals surface area contributed by atoms with Crippen molar-refractivity contribution in [3.05, 3.63) is 0 Å². The number of carbonyl (C=O) groups is 2. The van der Waals surface area contributed by atoms with E-state index in [0.717, 1.165) is 51.6 Å². The average Bonchev–Trinajstić information content (AvgIpc) is 3.68. The van der Waals surface area contributed by atoms with E-state index in [1.54, 1.807) is 4.90 Å². The molecule has 2 amide bonds. The lowest BCUT2D eigenvalue weighted by atomic mass is 9.41. The molecule has 9 heteroatoms. The van der Waals surface area contributed by atoms with Gasteiger partial charge in [0, 0.05) is 31.0 Å². The number of aliphatic hydroxyl groups is 1. The standard InChI is InChI=1S/C42H68N2O7/c1-24(2)33(51-37(47)43-17-10-18-43)27-21-26(5)32-34(49-27)35(45)40(9)29-12-11-28-38(6,7)30(50-31-22-44(19-20-48-31)36(46)25(3)4)13-14-41(28)23-42(29,41)16-15-39(32,40)8/h24-35,45H,10-23H2,1-9H3/t26-,27-,28+,29+,30?,31+,32+,33-,34+,35+,39-,40-,41-,42?/m1/s1. The highest BCUT2D eigenvalue weighted by atomic mass is 16.7. The zero-order valence-electron chi connectivity index (χ0n) is 33.1. The van der Waals surface area contributed by atoms with E-state index in [1.165, 1.54) is 19.3 Å². The molecule has 3 saturated heterocycles. The molecule has 288 valence electrons. The first-order valence-corrected chi connectivity index (χ1v) is 20.9. The fraction of sp³-hybridized carbons (Fsp3) is 0.952. The van der Waals surface area contributed by atoms with E-state index in [9.17, 15) is 14.7 Å². The van der Waals surface area contributed by atoms with Crippen LogP contribution in [0.1, 0.15) is 120 Å². The van der Waals surface area contributed by atoms with Gasteiger partial charge in [0.25, 0.3) is 0 Å². The molecule has 1 N–H and O–H groups in total. The van der Waals surface area contributed by atoms with Gasteiger partial charge in [0.2, 0.25) is 5.91 Å². The number of hydrogen-bond donors (Lipinski definition) is 1. The topological polar surface area (TPSA) is 97.8 Å². The Morgan fingerprint density at radius 3 is 2.27 bits per heavy atom. The summed E-state index contributed by atoms with van der Waals surface area (Å²) in [4.78, 5) is 29.5. The Labute approximate surface area is 307 Å². The van der Waals surface area contributed by atoms with Crippen LogP contribution in [0, 0.1) is 62.6 Å². The first-order chi connectivity index (χ1) is 24.0. The largest absolute Gasteiger partial charge is 0.443 e. The summed E-state index contributed by atoms with van der Waals surface area (Å²) in [6.45, 7) is 23.6. The summed E-state index contributed by atoms with van der Waals surface area (Å²) in [5.41, 5.74) is 0.308. The number of nitrogens with zero attached hydrogens (tertiary/aromatic N) is 2. The predicted molar refractivity (Wildman–Crippen MR) is 193 cm³/mol. The molecule has 8 fully saturated rings. The van der Waals surface area contributed by atoms with Gasteiger partial charge in [0.05, 0.1) is 37.6 Å². The van der Waals surface area contributed by atoms with Crippen molar-refractivity contribution in [1.82, 2.24) is 9.80 Å². The third-order valence-corrected chi connectivity index (χ3v) is 17.3. The maximum atomic E-state index is 13.0. The highest BCUT2D eigenvalue weighted by Gasteiger charge is 2.84. The van der Waals surface area contributed by atoms with E-state index in [2.05, 4.69) is 48.5 Å². The highest BCUT2D eigenvalue weighted by Crippen LogP contribution is 2.89. The quantitative estimate of drug-likeness (QED) is 0.320. The monoisotopic (exact) mass is 713 g/mol. The number of rotatable bonds is 6. The number of ether oxygens (including phenoxy) is 4.